The van der Waals surface area contributed by atoms with Crippen LogP contribution in [-0.4, -0.2) is 44.5 Å². The third-order valence-electron chi connectivity index (χ3n) is 3.73. The summed E-state index contributed by atoms with van der Waals surface area (Å²) in [6.07, 6.45) is 9.31. The van der Waals surface area contributed by atoms with Crippen molar-refractivity contribution < 1.29 is 8.42 Å². The van der Waals surface area contributed by atoms with Gasteiger partial charge in [0, 0.05) is 6.54 Å². The summed E-state index contributed by atoms with van der Waals surface area (Å²) < 4.78 is 23.8. The number of sulfone groups is 1. The maximum absolute atomic E-state index is 11.9. The smallest absolute Gasteiger partial charge is 0.151 e. The van der Waals surface area contributed by atoms with E-state index in [-0.39, 0.29) is 0 Å². The van der Waals surface area contributed by atoms with E-state index in [2.05, 4.69) is 11.8 Å². The van der Waals surface area contributed by atoms with E-state index >= 15 is 0 Å². The van der Waals surface area contributed by atoms with Crippen LogP contribution in [0.5, 0.6) is 0 Å². The summed E-state index contributed by atoms with van der Waals surface area (Å²) in [5, 5.41) is 0. The Labute approximate surface area is 113 Å². The van der Waals surface area contributed by atoms with Gasteiger partial charge >= 0.3 is 0 Å². The van der Waals surface area contributed by atoms with Crippen LogP contribution in [0, 0.1) is 0 Å². The van der Waals surface area contributed by atoms with Gasteiger partial charge in [-0.05, 0) is 32.4 Å². The van der Waals surface area contributed by atoms with Crippen LogP contribution in [-0.2, 0) is 9.84 Å². The zero-order chi connectivity index (χ0) is 13.3. The van der Waals surface area contributed by atoms with Crippen molar-refractivity contribution in [1.29, 1.82) is 0 Å². The first kappa shape index (κ1) is 16.0. The molecule has 0 amide bonds. The number of unbranched alkanes of at least 4 members (excludes halogenated alkanes) is 4. The minimum Gasteiger partial charge on any atom is -0.302 e. The van der Waals surface area contributed by atoms with Crippen molar-refractivity contribution >= 4 is 9.84 Å². The third kappa shape index (κ3) is 7.37. The van der Waals surface area contributed by atoms with Gasteiger partial charge in [0.2, 0.25) is 0 Å². The summed E-state index contributed by atoms with van der Waals surface area (Å²) in [5.74, 6) is 0.755. The Morgan fingerprint density at radius 2 is 1.56 bits per heavy atom. The van der Waals surface area contributed by atoms with Crippen LogP contribution in [0.1, 0.15) is 58.3 Å². The Morgan fingerprint density at radius 3 is 2.22 bits per heavy atom. The van der Waals surface area contributed by atoms with Crippen molar-refractivity contribution in [3.05, 3.63) is 0 Å². The average molecular weight is 275 g/mol. The van der Waals surface area contributed by atoms with Crippen LogP contribution >= 0.6 is 0 Å². The molecule has 1 aliphatic rings. The lowest BCUT2D eigenvalue weighted by molar-refractivity contribution is 0.241. The summed E-state index contributed by atoms with van der Waals surface area (Å²) in [6.45, 7) is 5.10. The molecule has 0 aromatic heterocycles. The topological polar surface area (TPSA) is 37.4 Å². The molecule has 18 heavy (non-hydrogen) atoms. The van der Waals surface area contributed by atoms with Crippen LogP contribution < -0.4 is 0 Å². The summed E-state index contributed by atoms with van der Waals surface area (Å²) in [6, 6.07) is 0. The molecule has 0 N–H and O–H groups in total. The molecule has 1 rings (SSSR count). The SMILES string of the molecule is CCCCCCCS(=O)(=O)CCN1CCCCC1. The van der Waals surface area contributed by atoms with Gasteiger partial charge in [-0.1, -0.05) is 39.0 Å². The lowest BCUT2D eigenvalue weighted by atomic mass is 10.1. The molecular weight excluding hydrogens is 246 g/mol. The average Bonchev–Trinajstić information content (AvgIpc) is 2.38. The number of rotatable bonds is 9. The van der Waals surface area contributed by atoms with Gasteiger partial charge in [0.05, 0.1) is 11.5 Å². The van der Waals surface area contributed by atoms with Gasteiger partial charge in [0.1, 0.15) is 0 Å². The summed E-state index contributed by atoms with van der Waals surface area (Å²) in [4.78, 5) is 2.30. The molecule has 108 valence electrons. The summed E-state index contributed by atoms with van der Waals surface area (Å²) in [7, 11) is -2.81. The Kier molecular flexibility index (Phi) is 7.91. The lowest BCUT2D eigenvalue weighted by Gasteiger charge is -2.26. The van der Waals surface area contributed by atoms with E-state index in [4.69, 9.17) is 0 Å². The van der Waals surface area contributed by atoms with E-state index in [9.17, 15) is 8.42 Å². The van der Waals surface area contributed by atoms with Gasteiger partial charge in [-0.2, -0.15) is 0 Å². The molecule has 1 fully saturated rings. The molecule has 1 saturated heterocycles. The monoisotopic (exact) mass is 275 g/mol. The third-order valence-corrected chi connectivity index (χ3v) is 5.44. The largest absolute Gasteiger partial charge is 0.302 e. The molecule has 0 aliphatic carbocycles. The number of hydrogen-bond acceptors (Lipinski definition) is 3. The standard InChI is InChI=1S/C14H29NO2S/c1-2-3-4-5-9-13-18(16,17)14-12-15-10-7-6-8-11-15/h2-14H2,1H3. The van der Waals surface area contributed by atoms with Crippen LogP contribution in [0.4, 0.5) is 0 Å². The van der Waals surface area contributed by atoms with E-state index in [1.807, 2.05) is 0 Å². The molecule has 1 heterocycles. The van der Waals surface area contributed by atoms with Crippen molar-refractivity contribution in [2.75, 3.05) is 31.1 Å². The van der Waals surface area contributed by atoms with Crippen molar-refractivity contribution in [3.63, 3.8) is 0 Å². The van der Waals surface area contributed by atoms with E-state index in [1.54, 1.807) is 0 Å². The van der Waals surface area contributed by atoms with E-state index in [0.717, 1.165) is 32.5 Å². The molecule has 3 nitrogen and oxygen atoms in total. The predicted molar refractivity (Wildman–Crippen MR) is 77.7 cm³/mol. The number of nitrogens with zero attached hydrogens (tertiary/aromatic N) is 1. The highest BCUT2D eigenvalue weighted by atomic mass is 32.2. The zero-order valence-electron chi connectivity index (χ0n) is 11.9. The number of likely N-dealkylation sites (tertiary alicyclic amines) is 1. The van der Waals surface area contributed by atoms with E-state index in [0.29, 0.717) is 11.5 Å². The molecule has 0 spiro atoms. The lowest BCUT2D eigenvalue weighted by Crippen LogP contribution is -2.34. The molecule has 0 unspecified atom stereocenters. The second kappa shape index (κ2) is 8.92. The van der Waals surface area contributed by atoms with Gasteiger partial charge in [0.25, 0.3) is 0 Å². The van der Waals surface area contributed by atoms with Gasteiger partial charge < -0.3 is 4.90 Å². The molecule has 4 heteroatoms. The first-order valence-corrected chi connectivity index (χ1v) is 9.39. The van der Waals surface area contributed by atoms with Crippen molar-refractivity contribution in [2.24, 2.45) is 0 Å². The Morgan fingerprint density at radius 1 is 0.889 bits per heavy atom. The zero-order valence-corrected chi connectivity index (χ0v) is 12.7. The predicted octanol–water partition coefficient (Wildman–Crippen LogP) is 2.86. The molecule has 0 aromatic carbocycles. The van der Waals surface area contributed by atoms with Crippen LogP contribution in [0.25, 0.3) is 0 Å². The normalized spacial score (nSPS) is 18.1. The van der Waals surface area contributed by atoms with Crippen molar-refractivity contribution in [2.45, 2.75) is 58.3 Å². The van der Waals surface area contributed by atoms with Gasteiger partial charge in [0.15, 0.2) is 9.84 Å². The Hall–Kier alpha value is -0.0900. The quantitative estimate of drug-likeness (QED) is 0.607. The van der Waals surface area contributed by atoms with Gasteiger partial charge in [-0.3, -0.25) is 0 Å². The first-order valence-electron chi connectivity index (χ1n) is 7.57. The fourth-order valence-electron chi connectivity index (χ4n) is 2.48. The maximum Gasteiger partial charge on any atom is 0.151 e. The second-order valence-corrected chi connectivity index (χ2v) is 7.77. The van der Waals surface area contributed by atoms with Crippen LogP contribution in [0.3, 0.4) is 0 Å². The van der Waals surface area contributed by atoms with Crippen LogP contribution in [0.2, 0.25) is 0 Å². The first-order chi connectivity index (χ1) is 8.64. The molecule has 0 atom stereocenters. The minimum absolute atomic E-state index is 0.362. The Bertz CT molecular complexity index is 295. The molecule has 0 saturated carbocycles. The summed E-state index contributed by atoms with van der Waals surface area (Å²) in [5.41, 5.74) is 0. The van der Waals surface area contributed by atoms with E-state index < -0.39 is 9.84 Å². The van der Waals surface area contributed by atoms with Gasteiger partial charge in [-0.25, -0.2) is 8.42 Å². The van der Waals surface area contributed by atoms with Crippen LogP contribution in [0.15, 0.2) is 0 Å². The molecule has 0 radical (unpaired) electrons. The Balaban J connectivity index is 2.10. The fourth-order valence-corrected chi connectivity index (χ4v) is 3.86. The molecule has 1 aliphatic heterocycles. The van der Waals surface area contributed by atoms with Crippen molar-refractivity contribution in [3.8, 4) is 0 Å². The minimum atomic E-state index is -2.81. The fraction of sp³-hybridized carbons (Fsp3) is 1.00. The molecule has 0 aromatic rings. The number of piperidine rings is 1. The second-order valence-electron chi connectivity index (χ2n) is 5.47. The van der Waals surface area contributed by atoms with E-state index in [1.165, 1.54) is 38.5 Å². The summed E-state index contributed by atoms with van der Waals surface area (Å²) >= 11 is 0. The highest BCUT2D eigenvalue weighted by Gasteiger charge is 2.15. The highest BCUT2D eigenvalue weighted by molar-refractivity contribution is 7.91. The highest BCUT2D eigenvalue weighted by Crippen LogP contribution is 2.09. The number of hydrogen-bond donors (Lipinski definition) is 0. The molecular formula is C14H29NO2S. The molecule has 0 bridgehead atoms. The van der Waals surface area contributed by atoms with Gasteiger partial charge in [-0.15, -0.1) is 0 Å². The van der Waals surface area contributed by atoms with Crippen molar-refractivity contribution in [1.82, 2.24) is 4.90 Å². The maximum atomic E-state index is 11.9.